The first-order chi connectivity index (χ1) is 13.1. The van der Waals surface area contributed by atoms with E-state index in [1.807, 2.05) is 30.8 Å². The zero-order chi connectivity index (χ0) is 19.1. The lowest BCUT2D eigenvalue weighted by molar-refractivity contribution is 0.999. The Morgan fingerprint density at radius 2 is 1.89 bits per heavy atom. The minimum Gasteiger partial charge on any atom is -0.355 e. The Balaban J connectivity index is 1.47. The van der Waals surface area contributed by atoms with Crippen molar-refractivity contribution in [1.82, 2.24) is 15.0 Å². The Hall–Kier alpha value is -2.60. The number of H-pyrrole nitrogens is 1. The highest BCUT2D eigenvalue weighted by molar-refractivity contribution is 7.98. The SMILES string of the molecule is Cc1ccc(Cc2cnc(NCCSCc3ccccc3C)[nH]c2=O)cn1. The second-order valence-corrected chi connectivity index (χ2v) is 7.58. The molecular formula is C21H24N4OS. The number of nitrogens with one attached hydrogen (secondary N) is 2. The van der Waals surface area contributed by atoms with Gasteiger partial charge in [-0.1, -0.05) is 30.3 Å². The molecule has 0 saturated carbocycles. The van der Waals surface area contributed by atoms with Crippen molar-refractivity contribution >= 4 is 17.7 Å². The van der Waals surface area contributed by atoms with Gasteiger partial charge in [-0.3, -0.25) is 14.8 Å². The first kappa shape index (κ1) is 19.2. The second-order valence-electron chi connectivity index (χ2n) is 6.48. The van der Waals surface area contributed by atoms with E-state index in [1.165, 1.54) is 11.1 Å². The van der Waals surface area contributed by atoms with Crippen LogP contribution in [0.15, 0.2) is 53.6 Å². The molecule has 2 heterocycles. The number of hydrogen-bond acceptors (Lipinski definition) is 5. The summed E-state index contributed by atoms with van der Waals surface area (Å²) in [7, 11) is 0. The molecule has 2 aromatic heterocycles. The molecule has 0 fully saturated rings. The number of pyridine rings is 1. The normalized spacial score (nSPS) is 10.7. The summed E-state index contributed by atoms with van der Waals surface area (Å²) < 4.78 is 0. The maximum absolute atomic E-state index is 12.3. The number of hydrogen-bond donors (Lipinski definition) is 2. The van der Waals surface area contributed by atoms with Crippen LogP contribution < -0.4 is 10.9 Å². The third-order valence-corrected chi connectivity index (χ3v) is 5.31. The van der Waals surface area contributed by atoms with Crippen LogP contribution in [0.3, 0.4) is 0 Å². The van der Waals surface area contributed by atoms with Crippen LogP contribution in [-0.4, -0.2) is 27.2 Å². The molecule has 0 aliphatic rings. The van der Waals surface area contributed by atoms with Crippen LogP contribution in [0.1, 0.15) is 27.9 Å². The van der Waals surface area contributed by atoms with E-state index in [0.717, 1.165) is 29.3 Å². The fraction of sp³-hybridized carbons (Fsp3) is 0.286. The Morgan fingerprint density at radius 3 is 2.63 bits per heavy atom. The molecule has 3 aromatic rings. The molecule has 0 atom stereocenters. The molecular weight excluding hydrogens is 356 g/mol. The van der Waals surface area contributed by atoms with E-state index >= 15 is 0 Å². The van der Waals surface area contributed by atoms with E-state index in [0.29, 0.717) is 17.9 Å². The third kappa shape index (κ3) is 5.69. The first-order valence-electron chi connectivity index (χ1n) is 8.97. The minimum atomic E-state index is -0.111. The topological polar surface area (TPSA) is 70.7 Å². The average Bonchev–Trinajstić information content (AvgIpc) is 2.67. The zero-order valence-corrected chi connectivity index (χ0v) is 16.5. The lowest BCUT2D eigenvalue weighted by Gasteiger charge is -2.08. The van der Waals surface area contributed by atoms with Gasteiger partial charge in [0.05, 0.1) is 0 Å². The number of rotatable bonds is 8. The maximum Gasteiger partial charge on any atom is 0.255 e. The van der Waals surface area contributed by atoms with Crippen molar-refractivity contribution in [3.8, 4) is 0 Å². The first-order valence-corrected chi connectivity index (χ1v) is 10.1. The summed E-state index contributed by atoms with van der Waals surface area (Å²) in [6, 6.07) is 12.4. The standard InChI is InChI=1S/C21H24N4OS/c1-15-5-3-4-6-18(15)14-27-10-9-22-21-24-13-19(20(26)25-21)11-17-8-7-16(2)23-12-17/h3-8,12-13H,9-11,14H2,1-2H3,(H2,22,24,25,26). The van der Waals surface area contributed by atoms with Crippen molar-refractivity contribution in [3.05, 3.63) is 87.1 Å². The van der Waals surface area contributed by atoms with Crippen LogP contribution >= 0.6 is 11.8 Å². The van der Waals surface area contributed by atoms with E-state index in [4.69, 9.17) is 0 Å². The lowest BCUT2D eigenvalue weighted by Crippen LogP contribution is -2.18. The molecule has 5 nitrogen and oxygen atoms in total. The number of aromatic amines is 1. The number of aromatic nitrogens is 3. The van der Waals surface area contributed by atoms with Crippen LogP contribution in [-0.2, 0) is 12.2 Å². The molecule has 0 saturated heterocycles. The smallest absolute Gasteiger partial charge is 0.255 e. The zero-order valence-electron chi connectivity index (χ0n) is 15.7. The van der Waals surface area contributed by atoms with Crippen molar-refractivity contribution in [1.29, 1.82) is 0 Å². The van der Waals surface area contributed by atoms with Crippen LogP contribution in [0, 0.1) is 13.8 Å². The van der Waals surface area contributed by atoms with E-state index in [9.17, 15) is 4.79 Å². The quantitative estimate of drug-likeness (QED) is 0.583. The molecule has 0 radical (unpaired) electrons. The van der Waals surface area contributed by atoms with Gasteiger partial charge in [0.15, 0.2) is 0 Å². The van der Waals surface area contributed by atoms with Crippen molar-refractivity contribution in [2.75, 3.05) is 17.6 Å². The predicted octanol–water partition coefficient (Wildman–Crippen LogP) is 3.72. The van der Waals surface area contributed by atoms with Gasteiger partial charge in [-0.2, -0.15) is 11.8 Å². The molecule has 140 valence electrons. The van der Waals surface area contributed by atoms with Crippen LogP contribution in [0.2, 0.25) is 0 Å². The monoisotopic (exact) mass is 380 g/mol. The minimum absolute atomic E-state index is 0.111. The molecule has 2 N–H and O–H groups in total. The molecule has 3 rings (SSSR count). The highest BCUT2D eigenvalue weighted by Crippen LogP contribution is 2.15. The van der Waals surface area contributed by atoms with Crippen molar-refractivity contribution in [2.45, 2.75) is 26.0 Å². The molecule has 6 heteroatoms. The Kier molecular flexibility index (Phi) is 6.65. The highest BCUT2D eigenvalue weighted by atomic mass is 32.2. The van der Waals surface area contributed by atoms with Gasteiger partial charge in [0.1, 0.15) is 0 Å². The number of benzene rings is 1. The third-order valence-electron chi connectivity index (χ3n) is 4.30. The molecule has 27 heavy (non-hydrogen) atoms. The van der Waals surface area contributed by atoms with Crippen molar-refractivity contribution in [3.63, 3.8) is 0 Å². The molecule has 0 spiro atoms. The van der Waals surface area contributed by atoms with Gasteiger partial charge < -0.3 is 5.32 Å². The number of anilines is 1. The molecule has 1 aromatic carbocycles. The summed E-state index contributed by atoms with van der Waals surface area (Å²) in [5, 5.41) is 3.19. The van der Waals surface area contributed by atoms with Crippen LogP contribution in [0.25, 0.3) is 0 Å². The fourth-order valence-corrected chi connectivity index (χ4v) is 3.59. The van der Waals surface area contributed by atoms with Gasteiger partial charge in [-0.05, 0) is 36.6 Å². The van der Waals surface area contributed by atoms with E-state index in [2.05, 4.69) is 51.5 Å². The molecule has 0 amide bonds. The average molecular weight is 381 g/mol. The largest absolute Gasteiger partial charge is 0.355 e. The number of aryl methyl sites for hydroxylation is 2. The molecule has 0 aliphatic heterocycles. The van der Waals surface area contributed by atoms with E-state index in [1.54, 1.807) is 12.4 Å². The van der Waals surface area contributed by atoms with Crippen LogP contribution in [0.5, 0.6) is 0 Å². The summed E-state index contributed by atoms with van der Waals surface area (Å²) in [5.41, 5.74) is 5.18. The van der Waals surface area contributed by atoms with Gasteiger partial charge in [-0.15, -0.1) is 0 Å². The van der Waals surface area contributed by atoms with Gasteiger partial charge in [0.25, 0.3) is 5.56 Å². The summed E-state index contributed by atoms with van der Waals surface area (Å²) in [6.07, 6.45) is 3.97. The lowest BCUT2D eigenvalue weighted by atomic mass is 10.1. The fourth-order valence-electron chi connectivity index (χ4n) is 2.66. The second kappa shape index (κ2) is 9.37. The Bertz CT molecular complexity index is 937. The number of thioether (sulfide) groups is 1. The summed E-state index contributed by atoms with van der Waals surface area (Å²) in [4.78, 5) is 23.7. The van der Waals surface area contributed by atoms with Crippen molar-refractivity contribution in [2.24, 2.45) is 0 Å². The summed E-state index contributed by atoms with van der Waals surface area (Å²) in [5.74, 6) is 2.44. The van der Waals surface area contributed by atoms with Crippen LogP contribution in [0.4, 0.5) is 5.95 Å². The number of nitrogens with zero attached hydrogens (tertiary/aromatic N) is 2. The highest BCUT2D eigenvalue weighted by Gasteiger charge is 2.05. The van der Waals surface area contributed by atoms with E-state index in [-0.39, 0.29) is 5.56 Å². The van der Waals surface area contributed by atoms with Crippen molar-refractivity contribution < 1.29 is 0 Å². The van der Waals surface area contributed by atoms with Gasteiger partial charge >= 0.3 is 0 Å². The molecule has 0 unspecified atom stereocenters. The van der Waals surface area contributed by atoms with Gasteiger partial charge in [0.2, 0.25) is 5.95 Å². The molecule has 0 aliphatic carbocycles. The molecule has 0 bridgehead atoms. The summed E-state index contributed by atoms with van der Waals surface area (Å²) in [6.45, 7) is 4.83. The Labute approximate surface area is 163 Å². The van der Waals surface area contributed by atoms with Gasteiger partial charge in [0, 0.05) is 48.1 Å². The van der Waals surface area contributed by atoms with Gasteiger partial charge in [-0.25, -0.2) is 4.98 Å². The maximum atomic E-state index is 12.3. The summed E-state index contributed by atoms with van der Waals surface area (Å²) >= 11 is 1.86. The Morgan fingerprint density at radius 1 is 1.04 bits per heavy atom. The predicted molar refractivity (Wildman–Crippen MR) is 112 cm³/mol. The van der Waals surface area contributed by atoms with E-state index < -0.39 is 0 Å².